The molecular weight excluding hydrogens is 314 g/mol. The normalized spacial score (nSPS) is 10.8. The minimum atomic E-state index is -0.456. The Balaban J connectivity index is 1.92. The van der Waals surface area contributed by atoms with Gasteiger partial charge >= 0.3 is 5.97 Å². The molecule has 25 heavy (non-hydrogen) atoms. The molecule has 0 aliphatic carbocycles. The fraction of sp³-hybridized carbons (Fsp3) is 0.0500. The summed E-state index contributed by atoms with van der Waals surface area (Å²) in [6.07, 6.45) is 3.44. The number of para-hydroxylation sites is 1. The van der Waals surface area contributed by atoms with Crippen molar-refractivity contribution in [1.82, 2.24) is 14.5 Å². The third-order valence-electron chi connectivity index (χ3n) is 4.04. The van der Waals surface area contributed by atoms with Gasteiger partial charge in [-0.05, 0) is 12.1 Å². The van der Waals surface area contributed by atoms with Crippen LogP contribution in [0.3, 0.4) is 0 Å². The molecule has 0 saturated heterocycles. The van der Waals surface area contributed by atoms with Crippen LogP contribution in [0.2, 0.25) is 0 Å². The van der Waals surface area contributed by atoms with Gasteiger partial charge in [0.15, 0.2) is 0 Å². The van der Waals surface area contributed by atoms with Crippen molar-refractivity contribution in [3.8, 4) is 17.2 Å². The molecule has 4 aromatic rings. The van der Waals surface area contributed by atoms with Gasteiger partial charge in [-0.1, -0.05) is 48.5 Å². The van der Waals surface area contributed by atoms with Crippen molar-refractivity contribution in [1.29, 1.82) is 0 Å². The predicted octanol–water partition coefficient (Wildman–Crippen LogP) is 3.87. The molecule has 122 valence electrons. The molecule has 0 bridgehead atoms. The number of carbonyl (C=O) groups is 1. The van der Waals surface area contributed by atoms with Crippen molar-refractivity contribution in [2.24, 2.45) is 0 Å². The van der Waals surface area contributed by atoms with Crippen LogP contribution in [-0.4, -0.2) is 27.6 Å². The molecule has 2 aromatic carbocycles. The first kappa shape index (κ1) is 15.1. The average molecular weight is 329 g/mol. The number of esters is 1. The maximum Gasteiger partial charge on any atom is 0.341 e. The number of hydrogen-bond acceptors (Lipinski definition) is 4. The van der Waals surface area contributed by atoms with Gasteiger partial charge in [0.2, 0.25) is 5.95 Å². The Hall–Kier alpha value is -3.47. The first-order valence-corrected chi connectivity index (χ1v) is 7.85. The summed E-state index contributed by atoms with van der Waals surface area (Å²) in [6.45, 7) is 0. The van der Waals surface area contributed by atoms with Crippen LogP contribution in [0.1, 0.15) is 10.4 Å². The van der Waals surface area contributed by atoms with E-state index in [1.807, 2.05) is 71.4 Å². The molecule has 0 aliphatic heterocycles. The Kier molecular flexibility index (Phi) is 3.74. The number of fused-ring (bicyclic) bond motifs is 1. The van der Waals surface area contributed by atoms with Crippen LogP contribution < -0.4 is 0 Å². The van der Waals surface area contributed by atoms with Crippen molar-refractivity contribution < 1.29 is 9.53 Å². The van der Waals surface area contributed by atoms with Crippen LogP contribution in [0.15, 0.2) is 73.1 Å². The van der Waals surface area contributed by atoms with Crippen molar-refractivity contribution >= 4 is 16.9 Å². The number of nitrogens with zero attached hydrogens (tertiary/aromatic N) is 3. The van der Waals surface area contributed by atoms with Crippen LogP contribution in [-0.2, 0) is 4.74 Å². The molecule has 0 unspecified atom stereocenters. The lowest BCUT2D eigenvalue weighted by Crippen LogP contribution is -2.09. The van der Waals surface area contributed by atoms with E-state index in [1.165, 1.54) is 13.3 Å². The van der Waals surface area contributed by atoms with E-state index >= 15 is 0 Å². The van der Waals surface area contributed by atoms with Gasteiger partial charge in [0.05, 0.1) is 18.3 Å². The summed E-state index contributed by atoms with van der Waals surface area (Å²) in [5.41, 5.74) is 2.74. The largest absolute Gasteiger partial charge is 0.465 e. The van der Waals surface area contributed by atoms with Gasteiger partial charge < -0.3 is 4.74 Å². The molecule has 4 rings (SSSR count). The Morgan fingerprint density at radius 2 is 1.76 bits per heavy atom. The smallest absolute Gasteiger partial charge is 0.341 e. The van der Waals surface area contributed by atoms with Crippen molar-refractivity contribution in [3.05, 3.63) is 78.6 Å². The summed E-state index contributed by atoms with van der Waals surface area (Å²) < 4.78 is 6.78. The van der Waals surface area contributed by atoms with E-state index < -0.39 is 5.97 Å². The van der Waals surface area contributed by atoms with Crippen LogP contribution in [0.25, 0.3) is 28.1 Å². The zero-order chi connectivity index (χ0) is 17.2. The Morgan fingerprint density at radius 3 is 2.56 bits per heavy atom. The maximum atomic E-state index is 12.1. The van der Waals surface area contributed by atoms with Crippen molar-refractivity contribution in [2.75, 3.05) is 7.11 Å². The lowest BCUT2D eigenvalue weighted by Gasteiger charge is -2.10. The van der Waals surface area contributed by atoms with E-state index in [4.69, 9.17) is 4.74 Å². The van der Waals surface area contributed by atoms with E-state index in [2.05, 4.69) is 9.97 Å². The number of hydrogen-bond donors (Lipinski definition) is 0. The van der Waals surface area contributed by atoms with Gasteiger partial charge in [0, 0.05) is 23.3 Å². The van der Waals surface area contributed by atoms with Crippen LogP contribution >= 0.6 is 0 Å². The van der Waals surface area contributed by atoms with Crippen LogP contribution in [0, 0.1) is 0 Å². The zero-order valence-electron chi connectivity index (χ0n) is 13.6. The number of benzene rings is 2. The Labute approximate surface area is 144 Å². The highest BCUT2D eigenvalue weighted by molar-refractivity contribution is 5.96. The molecule has 5 nitrogen and oxygen atoms in total. The molecule has 0 spiro atoms. The number of ether oxygens (including phenoxy) is 1. The number of rotatable bonds is 3. The summed E-state index contributed by atoms with van der Waals surface area (Å²) >= 11 is 0. The molecule has 2 heterocycles. The lowest BCUT2D eigenvalue weighted by molar-refractivity contribution is 0.0600. The zero-order valence-corrected chi connectivity index (χ0v) is 13.6. The Morgan fingerprint density at radius 1 is 1.00 bits per heavy atom. The summed E-state index contributed by atoms with van der Waals surface area (Å²) in [5.74, 6) is 0.0514. The first-order chi connectivity index (χ1) is 12.3. The van der Waals surface area contributed by atoms with E-state index in [9.17, 15) is 4.79 Å². The second-order valence-electron chi connectivity index (χ2n) is 5.53. The molecule has 0 N–H and O–H groups in total. The fourth-order valence-electron chi connectivity index (χ4n) is 2.82. The fourth-order valence-corrected chi connectivity index (χ4v) is 2.82. The molecule has 0 amide bonds. The molecule has 0 radical (unpaired) electrons. The molecule has 0 saturated carbocycles. The minimum absolute atomic E-state index is 0.342. The van der Waals surface area contributed by atoms with E-state index in [0.29, 0.717) is 17.2 Å². The lowest BCUT2D eigenvalue weighted by atomic mass is 10.1. The highest BCUT2D eigenvalue weighted by atomic mass is 16.5. The van der Waals surface area contributed by atoms with E-state index in [0.717, 1.165) is 16.5 Å². The van der Waals surface area contributed by atoms with Crippen LogP contribution in [0.4, 0.5) is 0 Å². The summed E-state index contributed by atoms with van der Waals surface area (Å²) in [6, 6.07) is 19.6. The second-order valence-corrected chi connectivity index (χ2v) is 5.53. The van der Waals surface area contributed by atoms with Crippen molar-refractivity contribution in [2.45, 2.75) is 0 Å². The third-order valence-corrected chi connectivity index (χ3v) is 4.04. The van der Waals surface area contributed by atoms with E-state index in [-0.39, 0.29) is 0 Å². The molecule has 5 heteroatoms. The van der Waals surface area contributed by atoms with Crippen molar-refractivity contribution in [3.63, 3.8) is 0 Å². The second kappa shape index (κ2) is 6.20. The average Bonchev–Trinajstić information content (AvgIpc) is 3.12. The SMILES string of the molecule is COC(=O)c1cnc(-n2ccc3ccccc32)nc1-c1ccccc1. The number of methoxy groups -OCH3 is 1. The summed E-state index contributed by atoms with van der Waals surface area (Å²) in [5, 5.41) is 1.10. The van der Waals surface area contributed by atoms with Gasteiger partial charge in [0.25, 0.3) is 0 Å². The summed E-state index contributed by atoms with van der Waals surface area (Å²) in [7, 11) is 1.35. The molecule has 0 atom stereocenters. The van der Waals surface area contributed by atoms with Gasteiger partial charge in [-0.3, -0.25) is 4.57 Å². The number of aromatic nitrogens is 3. The van der Waals surface area contributed by atoms with Gasteiger partial charge in [-0.25, -0.2) is 14.8 Å². The monoisotopic (exact) mass is 329 g/mol. The summed E-state index contributed by atoms with van der Waals surface area (Å²) in [4.78, 5) is 21.1. The van der Waals surface area contributed by atoms with Gasteiger partial charge in [-0.15, -0.1) is 0 Å². The maximum absolute atomic E-state index is 12.1. The highest BCUT2D eigenvalue weighted by Crippen LogP contribution is 2.24. The minimum Gasteiger partial charge on any atom is -0.465 e. The van der Waals surface area contributed by atoms with Crippen LogP contribution in [0.5, 0.6) is 0 Å². The van der Waals surface area contributed by atoms with E-state index in [1.54, 1.807) is 0 Å². The Bertz CT molecular complexity index is 1050. The van der Waals surface area contributed by atoms with Gasteiger partial charge in [0.1, 0.15) is 5.56 Å². The molecular formula is C20H15N3O2. The quantitative estimate of drug-likeness (QED) is 0.535. The molecule has 2 aromatic heterocycles. The van der Waals surface area contributed by atoms with Gasteiger partial charge in [-0.2, -0.15) is 0 Å². The third kappa shape index (κ3) is 2.65. The predicted molar refractivity (Wildman–Crippen MR) is 95.6 cm³/mol. The topological polar surface area (TPSA) is 57.0 Å². The standard InChI is InChI=1S/C20H15N3O2/c1-25-19(24)16-13-21-20(22-18(16)15-8-3-2-4-9-15)23-12-11-14-7-5-6-10-17(14)23/h2-13H,1H3. The molecule has 0 aliphatic rings. The number of carbonyl (C=O) groups excluding carboxylic acids is 1. The first-order valence-electron chi connectivity index (χ1n) is 7.85. The highest BCUT2D eigenvalue weighted by Gasteiger charge is 2.17. The molecule has 0 fully saturated rings.